The monoisotopic (exact) mass is 241 g/mol. The Morgan fingerprint density at radius 2 is 1.94 bits per heavy atom. The molecule has 0 fully saturated rings. The molecule has 1 unspecified atom stereocenters. The van der Waals surface area contributed by atoms with Crippen molar-refractivity contribution < 1.29 is 0 Å². The van der Waals surface area contributed by atoms with Crippen molar-refractivity contribution in [3.63, 3.8) is 0 Å². The van der Waals surface area contributed by atoms with E-state index in [9.17, 15) is 0 Å². The van der Waals surface area contributed by atoms with Crippen molar-refractivity contribution in [3.05, 3.63) is 65.5 Å². The number of benzene rings is 1. The number of nitrogens with zero attached hydrogens (tertiary/aromatic N) is 1. The zero-order valence-electron chi connectivity index (χ0n) is 10.6. The SMILES string of the molecule is CCc1cccc(C(Cc2ccncc2)NN)c1. The van der Waals surface area contributed by atoms with E-state index in [1.807, 2.05) is 24.5 Å². The average Bonchev–Trinajstić information content (AvgIpc) is 2.46. The van der Waals surface area contributed by atoms with Gasteiger partial charge in [-0.1, -0.05) is 31.2 Å². The molecule has 0 saturated carbocycles. The molecule has 1 heterocycles. The normalized spacial score (nSPS) is 12.3. The molecule has 0 saturated heterocycles. The molecule has 18 heavy (non-hydrogen) atoms. The first-order chi connectivity index (χ1) is 8.83. The van der Waals surface area contributed by atoms with Gasteiger partial charge >= 0.3 is 0 Å². The van der Waals surface area contributed by atoms with Gasteiger partial charge in [-0.25, -0.2) is 0 Å². The largest absolute Gasteiger partial charge is 0.271 e. The average molecular weight is 241 g/mol. The fourth-order valence-corrected chi connectivity index (χ4v) is 2.06. The molecule has 0 aliphatic carbocycles. The van der Waals surface area contributed by atoms with E-state index in [0.717, 1.165) is 12.8 Å². The van der Waals surface area contributed by atoms with Crippen molar-refractivity contribution in [1.82, 2.24) is 10.4 Å². The van der Waals surface area contributed by atoms with E-state index in [4.69, 9.17) is 5.84 Å². The highest BCUT2D eigenvalue weighted by atomic mass is 15.2. The summed E-state index contributed by atoms with van der Waals surface area (Å²) >= 11 is 0. The second-order valence-electron chi connectivity index (χ2n) is 4.38. The fraction of sp³-hybridized carbons (Fsp3) is 0.267. The summed E-state index contributed by atoms with van der Waals surface area (Å²) < 4.78 is 0. The van der Waals surface area contributed by atoms with E-state index in [0.29, 0.717) is 0 Å². The second-order valence-corrected chi connectivity index (χ2v) is 4.38. The number of aryl methyl sites for hydroxylation is 1. The lowest BCUT2D eigenvalue weighted by Gasteiger charge is -2.17. The van der Waals surface area contributed by atoms with Gasteiger partial charge in [-0.2, -0.15) is 0 Å². The number of nitrogens with two attached hydrogens (primary N) is 1. The highest BCUT2D eigenvalue weighted by Crippen LogP contribution is 2.18. The molecule has 94 valence electrons. The van der Waals surface area contributed by atoms with Crippen LogP contribution in [-0.4, -0.2) is 4.98 Å². The number of hydrazine groups is 1. The first-order valence-corrected chi connectivity index (χ1v) is 6.27. The lowest BCUT2D eigenvalue weighted by molar-refractivity contribution is 0.551. The highest BCUT2D eigenvalue weighted by Gasteiger charge is 2.10. The van der Waals surface area contributed by atoms with Gasteiger partial charge in [0.05, 0.1) is 0 Å². The Bertz CT molecular complexity index is 482. The molecular weight excluding hydrogens is 222 g/mol. The molecule has 3 nitrogen and oxygen atoms in total. The van der Waals surface area contributed by atoms with Crippen molar-refractivity contribution in [2.75, 3.05) is 0 Å². The maximum Gasteiger partial charge on any atom is 0.0500 e. The summed E-state index contributed by atoms with van der Waals surface area (Å²) in [7, 11) is 0. The Labute approximate surface area is 108 Å². The third-order valence-electron chi connectivity index (χ3n) is 3.15. The highest BCUT2D eigenvalue weighted by molar-refractivity contribution is 5.27. The first kappa shape index (κ1) is 12.7. The number of hydrogen-bond acceptors (Lipinski definition) is 3. The van der Waals surface area contributed by atoms with Crippen LogP contribution in [0.25, 0.3) is 0 Å². The lowest BCUT2D eigenvalue weighted by Crippen LogP contribution is -2.29. The maximum absolute atomic E-state index is 5.68. The predicted molar refractivity (Wildman–Crippen MR) is 73.8 cm³/mol. The second kappa shape index (κ2) is 6.28. The van der Waals surface area contributed by atoms with Crippen LogP contribution in [0.5, 0.6) is 0 Å². The van der Waals surface area contributed by atoms with Crippen LogP contribution in [0.3, 0.4) is 0 Å². The van der Waals surface area contributed by atoms with Crippen molar-refractivity contribution in [2.24, 2.45) is 5.84 Å². The summed E-state index contributed by atoms with van der Waals surface area (Å²) in [5.41, 5.74) is 6.69. The minimum atomic E-state index is 0.138. The first-order valence-electron chi connectivity index (χ1n) is 6.27. The summed E-state index contributed by atoms with van der Waals surface area (Å²) in [6.45, 7) is 2.16. The molecular formula is C15H19N3. The van der Waals surface area contributed by atoms with Crippen LogP contribution in [0.4, 0.5) is 0 Å². The van der Waals surface area contributed by atoms with E-state index in [-0.39, 0.29) is 6.04 Å². The van der Waals surface area contributed by atoms with Crippen LogP contribution < -0.4 is 11.3 Å². The van der Waals surface area contributed by atoms with Crippen molar-refractivity contribution >= 4 is 0 Å². The number of nitrogens with one attached hydrogen (secondary N) is 1. The molecule has 3 N–H and O–H groups in total. The van der Waals surface area contributed by atoms with Crippen LogP contribution in [0.1, 0.15) is 29.7 Å². The molecule has 2 aromatic rings. The number of rotatable bonds is 5. The van der Waals surface area contributed by atoms with E-state index < -0.39 is 0 Å². The third kappa shape index (κ3) is 3.15. The quantitative estimate of drug-likeness (QED) is 0.624. The minimum Gasteiger partial charge on any atom is -0.271 e. The number of aromatic nitrogens is 1. The molecule has 0 amide bonds. The molecule has 1 aromatic carbocycles. The lowest BCUT2D eigenvalue weighted by atomic mass is 9.98. The van der Waals surface area contributed by atoms with Gasteiger partial charge in [0, 0.05) is 18.4 Å². The van der Waals surface area contributed by atoms with E-state index in [1.165, 1.54) is 16.7 Å². The van der Waals surface area contributed by atoms with Gasteiger partial charge in [0.1, 0.15) is 0 Å². The van der Waals surface area contributed by atoms with Crippen molar-refractivity contribution in [2.45, 2.75) is 25.8 Å². The van der Waals surface area contributed by atoms with Crippen LogP contribution in [0.15, 0.2) is 48.8 Å². The van der Waals surface area contributed by atoms with Crippen LogP contribution in [0.2, 0.25) is 0 Å². The molecule has 1 aromatic heterocycles. The molecule has 2 rings (SSSR count). The van der Waals surface area contributed by atoms with Crippen LogP contribution in [-0.2, 0) is 12.8 Å². The summed E-state index contributed by atoms with van der Waals surface area (Å²) in [4.78, 5) is 4.03. The smallest absolute Gasteiger partial charge is 0.0500 e. The Morgan fingerprint density at radius 3 is 2.61 bits per heavy atom. The Morgan fingerprint density at radius 1 is 1.17 bits per heavy atom. The summed E-state index contributed by atoms with van der Waals surface area (Å²) in [6, 6.07) is 12.7. The van der Waals surface area contributed by atoms with Crippen molar-refractivity contribution in [3.8, 4) is 0 Å². The van der Waals surface area contributed by atoms with Crippen LogP contribution >= 0.6 is 0 Å². The Balaban J connectivity index is 2.17. The molecule has 0 aliphatic heterocycles. The Hall–Kier alpha value is -1.71. The third-order valence-corrected chi connectivity index (χ3v) is 3.15. The molecule has 3 heteroatoms. The van der Waals surface area contributed by atoms with Gasteiger partial charge in [-0.15, -0.1) is 0 Å². The topological polar surface area (TPSA) is 50.9 Å². The van der Waals surface area contributed by atoms with Gasteiger partial charge in [0.2, 0.25) is 0 Å². The van der Waals surface area contributed by atoms with Crippen molar-refractivity contribution in [1.29, 1.82) is 0 Å². The van der Waals surface area contributed by atoms with Gasteiger partial charge in [0.15, 0.2) is 0 Å². The van der Waals surface area contributed by atoms with Crippen LogP contribution in [0, 0.1) is 0 Å². The van der Waals surface area contributed by atoms with Gasteiger partial charge in [-0.05, 0) is 41.7 Å². The fourth-order valence-electron chi connectivity index (χ4n) is 2.06. The predicted octanol–water partition coefficient (Wildman–Crippen LogP) is 2.39. The molecule has 0 spiro atoms. The molecule has 0 bridgehead atoms. The zero-order chi connectivity index (χ0) is 12.8. The minimum absolute atomic E-state index is 0.138. The van der Waals surface area contributed by atoms with E-state index >= 15 is 0 Å². The standard InChI is InChI=1S/C15H19N3/c1-2-12-4-3-5-14(10-12)15(18-16)11-13-6-8-17-9-7-13/h3-10,15,18H,2,11,16H2,1H3. The Kier molecular flexibility index (Phi) is 4.45. The van der Waals surface area contributed by atoms with Gasteiger partial charge in [-0.3, -0.25) is 16.3 Å². The number of pyridine rings is 1. The maximum atomic E-state index is 5.68. The molecule has 0 radical (unpaired) electrons. The zero-order valence-corrected chi connectivity index (χ0v) is 10.6. The van der Waals surface area contributed by atoms with E-state index in [1.54, 1.807) is 0 Å². The molecule has 0 aliphatic rings. The van der Waals surface area contributed by atoms with E-state index in [2.05, 4.69) is 41.6 Å². The number of hydrogen-bond donors (Lipinski definition) is 2. The summed E-state index contributed by atoms with van der Waals surface area (Å²) in [5, 5.41) is 0. The summed E-state index contributed by atoms with van der Waals surface area (Å²) in [6.07, 6.45) is 5.53. The molecule has 1 atom stereocenters. The summed E-state index contributed by atoms with van der Waals surface area (Å²) in [5.74, 6) is 5.68. The van der Waals surface area contributed by atoms with Gasteiger partial charge < -0.3 is 0 Å². The van der Waals surface area contributed by atoms with Gasteiger partial charge in [0.25, 0.3) is 0 Å².